The fourth-order valence-electron chi connectivity index (χ4n) is 2.32. The van der Waals surface area contributed by atoms with Crippen molar-refractivity contribution in [3.63, 3.8) is 0 Å². The van der Waals surface area contributed by atoms with Gasteiger partial charge in [-0.25, -0.2) is 14.5 Å². The topological polar surface area (TPSA) is 80.0 Å². The summed E-state index contributed by atoms with van der Waals surface area (Å²) in [4.78, 5) is 15.8. The average Bonchev–Trinajstić information content (AvgIpc) is 2.88. The summed E-state index contributed by atoms with van der Waals surface area (Å²) in [5.41, 5.74) is 1.46. The molecule has 0 fully saturated rings. The highest BCUT2D eigenvalue weighted by Gasteiger charge is 2.20. The fourth-order valence-corrected chi connectivity index (χ4v) is 2.71. The summed E-state index contributed by atoms with van der Waals surface area (Å²) < 4.78 is 2.51. The van der Waals surface area contributed by atoms with Crippen molar-refractivity contribution >= 4 is 38.6 Å². The lowest BCUT2D eigenvalue weighted by Gasteiger charge is -2.06. The fraction of sp³-hybridized carbons (Fsp3) is 0.133. The molecule has 0 unspecified atom stereocenters. The van der Waals surface area contributed by atoms with Gasteiger partial charge in [0, 0.05) is 17.2 Å². The predicted octanol–water partition coefficient (Wildman–Crippen LogP) is 3.31. The molecule has 1 aromatic carbocycles. The van der Waals surface area contributed by atoms with Crippen LogP contribution in [0, 0.1) is 0 Å². The number of nitrogens with one attached hydrogen (secondary N) is 1. The van der Waals surface area contributed by atoms with Crippen molar-refractivity contribution in [1.82, 2.24) is 14.8 Å². The number of anilines is 1. The van der Waals surface area contributed by atoms with Gasteiger partial charge >= 0.3 is 5.97 Å². The summed E-state index contributed by atoms with van der Waals surface area (Å²) in [6.45, 7) is 2.58. The van der Waals surface area contributed by atoms with E-state index in [-0.39, 0.29) is 5.69 Å². The molecule has 3 rings (SSSR count). The molecule has 0 aliphatic carbocycles. The van der Waals surface area contributed by atoms with E-state index < -0.39 is 5.97 Å². The summed E-state index contributed by atoms with van der Waals surface area (Å²) in [6.07, 6.45) is 1.64. The van der Waals surface area contributed by atoms with Crippen molar-refractivity contribution in [3.05, 3.63) is 46.7 Å². The Morgan fingerprint density at radius 1 is 1.41 bits per heavy atom. The van der Waals surface area contributed by atoms with Crippen LogP contribution in [0.15, 0.2) is 41.0 Å². The van der Waals surface area contributed by atoms with Crippen LogP contribution in [-0.4, -0.2) is 32.4 Å². The molecule has 0 spiro atoms. The Morgan fingerprint density at radius 3 is 2.91 bits per heavy atom. The lowest BCUT2D eigenvalue weighted by Crippen LogP contribution is -2.03. The summed E-state index contributed by atoms with van der Waals surface area (Å²) in [5, 5.41) is 17.3. The van der Waals surface area contributed by atoms with Gasteiger partial charge in [0.2, 0.25) is 0 Å². The van der Waals surface area contributed by atoms with Crippen LogP contribution in [0.3, 0.4) is 0 Å². The van der Waals surface area contributed by atoms with Gasteiger partial charge < -0.3 is 10.4 Å². The van der Waals surface area contributed by atoms with E-state index in [1.807, 2.05) is 31.2 Å². The molecule has 22 heavy (non-hydrogen) atoms. The Kier molecular flexibility index (Phi) is 3.81. The first-order valence-electron chi connectivity index (χ1n) is 6.72. The van der Waals surface area contributed by atoms with Crippen molar-refractivity contribution in [2.75, 3.05) is 11.9 Å². The minimum Gasteiger partial charge on any atom is -0.476 e. The molecule has 0 atom stereocenters. The Labute approximate surface area is 134 Å². The minimum atomic E-state index is -1.08. The molecule has 112 valence electrons. The number of nitrogens with zero attached hydrogens (tertiary/aromatic N) is 3. The molecule has 2 aromatic heterocycles. The summed E-state index contributed by atoms with van der Waals surface area (Å²) in [6, 6.07) is 9.29. The summed E-state index contributed by atoms with van der Waals surface area (Å²) in [5.74, 6) is -0.551. The number of halogens is 1. The first-order valence-corrected chi connectivity index (χ1v) is 7.52. The molecule has 0 saturated carbocycles. The number of carbonyl (C=O) groups is 1. The maximum absolute atomic E-state index is 11.5. The molecule has 0 saturated heterocycles. The Morgan fingerprint density at radius 2 is 2.23 bits per heavy atom. The third-order valence-corrected chi connectivity index (χ3v) is 3.69. The molecule has 6 nitrogen and oxygen atoms in total. The highest BCUT2D eigenvalue weighted by molar-refractivity contribution is 9.10. The Hall–Kier alpha value is -2.41. The quantitative estimate of drug-likeness (QED) is 0.745. The second-order valence-electron chi connectivity index (χ2n) is 4.63. The van der Waals surface area contributed by atoms with Gasteiger partial charge in [0.25, 0.3) is 0 Å². The van der Waals surface area contributed by atoms with Crippen LogP contribution >= 0.6 is 15.9 Å². The van der Waals surface area contributed by atoms with E-state index in [1.165, 1.54) is 0 Å². The van der Waals surface area contributed by atoms with Crippen LogP contribution in [-0.2, 0) is 0 Å². The number of aromatic carboxylic acids is 1. The number of hydrogen-bond donors (Lipinski definition) is 2. The molecule has 0 radical (unpaired) electrons. The molecule has 0 aliphatic heterocycles. The second kappa shape index (κ2) is 5.76. The third-order valence-electron chi connectivity index (χ3n) is 3.19. The molecule has 3 aromatic rings. The average molecular weight is 361 g/mol. The highest BCUT2D eigenvalue weighted by atomic mass is 79.9. The monoisotopic (exact) mass is 360 g/mol. The smallest absolute Gasteiger partial charge is 0.357 e. The molecular formula is C15H13BrN4O2. The van der Waals surface area contributed by atoms with Crippen LogP contribution in [0.5, 0.6) is 0 Å². The van der Waals surface area contributed by atoms with Gasteiger partial charge in [-0.1, -0.05) is 22.0 Å². The number of carboxylic acid groups (broad SMARTS) is 1. The normalized spacial score (nSPS) is 10.8. The van der Waals surface area contributed by atoms with Crippen LogP contribution in [0.25, 0.3) is 16.6 Å². The Bertz CT molecular complexity index is 860. The van der Waals surface area contributed by atoms with Crippen molar-refractivity contribution in [2.45, 2.75) is 6.92 Å². The summed E-state index contributed by atoms with van der Waals surface area (Å²) >= 11 is 3.42. The van der Waals surface area contributed by atoms with Gasteiger partial charge in [-0.05, 0) is 31.2 Å². The van der Waals surface area contributed by atoms with Crippen LogP contribution < -0.4 is 5.32 Å². The van der Waals surface area contributed by atoms with E-state index >= 15 is 0 Å². The Balaban J connectivity index is 2.33. The maximum Gasteiger partial charge on any atom is 0.357 e. The molecule has 7 heteroatoms. The van der Waals surface area contributed by atoms with E-state index in [0.717, 1.165) is 10.2 Å². The molecule has 0 aliphatic rings. The van der Waals surface area contributed by atoms with Crippen molar-refractivity contribution in [3.8, 4) is 5.69 Å². The van der Waals surface area contributed by atoms with E-state index in [2.05, 4.69) is 31.3 Å². The number of carboxylic acids is 1. The van der Waals surface area contributed by atoms with Crippen molar-refractivity contribution in [1.29, 1.82) is 0 Å². The zero-order chi connectivity index (χ0) is 15.7. The SMILES string of the molecule is CCNc1nccc2c1c(C(=O)O)nn2-c1cccc(Br)c1. The first-order chi connectivity index (χ1) is 10.6. The van der Waals surface area contributed by atoms with E-state index in [1.54, 1.807) is 16.9 Å². The van der Waals surface area contributed by atoms with E-state index in [4.69, 9.17) is 0 Å². The standard InChI is InChI=1S/C15H13BrN4O2/c1-2-17-14-12-11(6-7-18-14)20(19-13(12)15(21)22)10-5-3-4-9(16)8-10/h3-8H,2H2,1H3,(H,17,18)(H,21,22). The zero-order valence-electron chi connectivity index (χ0n) is 11.7. The van der Waals surface area contributed by atoms with Gasteiger partial charge in [0.05, 0.1) is 16.6 Å². The maximum atomic E-state index is 11.5. The minimum absolute atomic E-state index is 0.0148. The first kappa shape index (κ1) is 14.5. The largest absolute Gasteiger partial charge is 0.476 e. The molecule has 0 bridgehead atoms. The van der Waals surface area contributed by atoms with Crippen LogP contribution in [0.2, 0.25) is 0 Å². The molecule has 2 heterocycles. The third kappa shape index (κ3) is 2.43. The van der Waals surface area contributed by atoms with Crippen molar-refractivity contribution < 1.29 is 9.90 Å². The van der Waals surface area contributed by atoms with Gasteiger partial charge in [-0.3, -0.25) is 0 Å². The highest BCUT2D eigenvalue weighted by Crippen LogP contribution is 2.28. The second-order valence-corrected chi connectivity index (χ2v) is 5.55. The lowest BCUT2D eigenvalue weighted by atomic mass is 10.2. The number of rotatable bonds is 4. The van der Waals surface area contributed by atoms with Gasteiger partial charge in [0.1, 0.15) is 5.82 Å². The number of fused-ring (bicyclic) bond motifs is 1. The van der Waals surface area contributed by atoms with Crippen molar-refractivity contribution in [2.24, 2.45) is 0 Å². The van der Waals surface area contributed by atoms with E-state index in [0.29, 0.717) is 23.3 Å². The number of benzene rings is 1. The summed E-state index contributed by atoms with van der Waals surface area (Å²) in [7, 11) is 0. The van der Waals surface area contributed by atoms with Gasteiger partial charge in [0.15, 0.2) is 5.69 Å². The van der Waals surface area contributed by atoms with Gasteiger partial charge in [-0.15, -0.1) is 0 Å². The molecule has 0 amide bonds. The number of aromatic nitrogens is 3. The van der Waals surface area contributed by atoms with E-state index in [9.17, 15) is 9.90 Å². The predicted molar refractivity (Wildman–Crippen MR) is 87.7 cm³/mol. The van der Waals surface area contributed by atoms with Crippen LogP contribution in [0.4, 0.5) is 5.82 Å². The lowest BCUT2D eigenvalue weighted by molar-refractivity contribution is 0.0692. The molecule has 2 N–H and O–H groups in total. The van der Waals surface area contributed by atoms with Crippen LogP contribution in [0.1, 0.15) is 17.4 Å². The number of pyridine rings is 1. The van der Waals surface area contributed by atoms with Gasteiger partial charge in [-0.2, -0.15) is 5.10 Å². The number of hydrogen-bond acceptors (Lipinski definition) is 4. The zero-order valence-corrected chi connectivity index (χ0v) is 13.3. The molecular weight excluding hydrogens is 348 g/mol.